The number of hydrogen-bond donors (Lipinski definition) is 1. The number of hydrogen-bond acceptors (Lipinski definition) is 1. The van der Waals surface area contributed by atoms with Gasteiger partial charge in [0.1, 0.15) is 0 Å². The summed E-state index contributed by atoms with van der Waals surface area (Å²) in [5, 5.41) is 8.10. The molecule has 0 radical (unpaired) electrons. The smallest absolute Gasteiger partial charge is 0.333 e. The third kappa shape index (κ3) is 1.87. The molecule has 0 saturated heterocycles. The molecule has 0 saturated carbocycles. The van der Waals surface area contributed by atoms with Crippen molar-refractivity contribution in [1.82, 2.24) is 0 Å². The fraction of sp³-hybridized carbons (Fsp3) is 0.333. The van der Waals surface area contributed by atoms with Crippen LogP contribution in [0.5, 0.6) is 0 Å². The first-order chi connectivity index (χ1) is 7.11. The molecule has 0 aliphatic rings. The van der Waals surface area contributed by atoms with Crippen molar-refractivity contribution in [3.8, 4) is 0 Å². The molecule has 1 rings (SSSR count). The number of alkyl halides is 6. The van der Waals surface area contributed by atoms with Crippen LogP contribution in [-0.2, 0) is 5.67 Å². The van der Waals surface area contributed by atoms with E-state index in [9.17, 15) is 26.3 Å². The van der Waals surface area contributed by atoms with E-state index in [1.54, 1.807) is 0 Å². The summed E-state index contributed by atoms with van der Waals surface area (Å²) in [6.07, 6.45) is -11.5. The molecule has 0 spiro atoms. The summed E-state index contributed by atoms with van der Waals surface area (Å²) in [4.78, 5) is 0. The van der Waals surface area contributed by atoms with E-state index in [0.717, 1.165) is 12.1 Å². The van der Waals surface area contributed by atoms with Crippen LogP contribution in [-0.4, -0.2) is 17.4 Å². The summed E-state index contributed by atoms with van der Waals surface area (Å²) in [5.41, 5.74) is -6.46. The zero-order valence-corrected chi connectivity index (χ0v) is 7.60. The molecule has 0 amide bonds. The van der Waals surface area contributed by atoms with E-state index in [4.69, 9.17) is 5.11 Å². The van der Waals surface area contributed by atoms with Crippen molar-refractivity contribution in [2.75, 3.05) is 0 Å². The van der Waals surface area contributed by atoms with Gasteiger partial charge in [-0.15, -0.1) is 0 Å². The van der Waals surface area contributed by atoms with Crippen molar-refractivity contribution in [2.24, 2.45) is 0 Å². The Balaban J connectivity index is 3.39. The topological polar surface area (TPSA) is 20.2 Å². The predicted molar refractivity (Wildman–Crippen MR) is 42.4 cm³/mol. The molecule has 0 aromatic heterocycles. The number of aliphatic hydroxyl groups is 1. The average molecular weight is 244 g/mol. The van der Waals surface area contributed by atoms with Crippen LogP contribution >= 0.6 is 0 Å². The summed E-state index contributed by atoms with van der Waals surface area (Å²) in [6, 6.07) is 4.20. The first-order valence-electron chi connectivity index (χ1n) is 4.02. The molecule has 0 bridgehead atoms. The third-order valence-corrected chi connectivity index (χ3v) is 1.98. The maximum atomic E-state index is 13.4. The number of rotatable bonds is 2. The fourth-order valence-electron chi connectivity index (χ4n) is 1.18. The molecule has 1 N–H and O–H groups in total. The first kappa shape index (κ1) is 12.8. The van der Waals surface area contributed by atoms with E-state index in [2.05, 4.69) is 0 Å². The molecule has 1 aromatic carbocycles. The van der Waals surface area contributed by atoms with Crippen molar-refractivity contribution in [3.05, 3.63) is 35.9 Å². The van der Waals surface area contributed by atoms with Gasteiger partial charge in [0.15, 0.2) is 0 Å². The fourth-order valence-corrected chi connectivity index (χ4v) is 1.18. The summed E-state index contributed by atoms with van der Waals surface area (Å²) in [7, 11) is 0. The Labute approximate surface area is 86.3 Å². The Bertz CT molecular complexity index is 339. The second-order valence-corrected chi connectivity index (χ2v) is 3.06. The number of halogens is 6. The SMILES string of the molecule is OC(F)(F)C(F)(c1ccccc1)C(F)(F)F. The third-order valence-electron chi connectivity index (χ3n) is 1.98. The van der Waals surface area contributed by atoms with Crippen LogP contribution in [0.1, 0.15) is 5.56 Å². The number of benzene rings is 1. The molecule has 1 nitrogen and oxygen atoms in total. The minimum Gasteiger partial charge on any atom is -0.333 e. The Morgan fingerprint density at radius 3 is 1.56 bits per heavy atom. The minimum atomic E-state index is -5.92. The van der Waals surface area contributed by atoms with Gasteiger partial charge in [0, 0.05) is 5.56 Å². The van der Waals surface area contributed by atoms with Gasteiger partial charge < -0.3 is 5.11 Å². The highest BCUT2D eigenvalue weighted by atomic mass is 19.4. The van der Waals surface area contributed by atoms with Crippen LogP contribution < -0.4 is 0 Å². The van der Waals surface area contributed by atoms with Crippen molar-refractivity contribution >= 4 is 0 Å². The highest BCUT2D eigenvalue weighted by Gasteiger charge is 2.72. The van der Waals surface area contributed by atoms with Crippen LogP contribution in [0.15, 0.2) is 30.3 Å². The van der Waals surface area contributed by atoms with Crippen molar-refractivity contribution in [2.45, 2.75) is 18.0 Å². The van der Waals surface area contributed by atoms with Crippen molar-refractivity contribution in [3.63, 3.8) is 0 Å². The van der Waals surface area contributed by atoms with Crippen LogP contribution in [0.4, 0.5) is 26.3 Å². The molecule has 0 heterocycles. The Morgan fingerprint density at radius 2 is 1.25 bits per heavy atom. The zero-order valence-electron chi connectivity index (χ0n) is 7.60. The molecular formula is C9H6F6O. The molecule has 0 aliphatic carbocycles. The van der Waals surface area contributed by atoms with Crippen LogP contribution in [0.3, 0.4) is 0 Å². The summed E-state index contributed by atoms with van der Waals surface area (Å²) < 4.78 is 75.1. The van der Waals surface area contributed by atoms with Crippen LogP contribution in [0, 0.1) is 0 Å². The van der Waals surface area contributed by atoms with Crippen LogP contribution in [0.2, 0.25) is 0 Å². The highest BCUT2D eigenvalue weighted by molar-refractivity contribution is 5.26. The summed E-state index contributed by atoms with van der Waals surface area (Å²) in [5.74, 6) is 0. The summed E-state index contributed by atoms with van der Waals surface area (Å²) in [6.45, 7) is 0. The maximum Gasteiger partial charge on any atom is 0.435 e. The van der Waals surface area contributed by atoms with E-state index >= 15 is 0 Å². The van der Waals surface area contributed by atoms with E-state index in [1.807, 2.05) is 0 Å². The van der Waals surface area contributed by atoms with Gasteiger partial charge >= 0.3 is 18.0 Å². The van der Waals surface area contributed by atoms with Gasteiger partial charge in [0.2, 0.25) is 0 Å². The van der Waals surface area contributed by atoms with Gasteiger partial charge in [0.05, 0.1) is 0 Å². The normalized spacial score (nSPS) is 16.9. The maximum absolute atomic E-state index is 13.4. The molecule has 1 atom stereocenters. The highest BCUT2D eigenvalue weighted by Crippen LogP contribution is 2.51. The lowest BCUT2D eigenvalue weighted by Gasteiger charge is -2.31. The van der Waals surface area contributed by atoms with E-state index < -0.39 is 23.5 Å². The Hall–Kier alpha value is -1.24. The van der Waals surface area contributed by atoms with Crippen LogP contribution in [0.25, 0.3) is 0 Å². The van der Waals surface area contributed by atoms with E-state index in [0.29, 0.717) is 12.1 Å². The molecule has 0 fully saturated rings. The Morgan fingerprint density at radius 1 is 0.812 bits per heavy atom. The van der Waals surface area contributed by atoms with Crippen molar-refractivity contribution in [1.29, 1.82) is 0 Å². The average Bonchev–Trinajstić information content (AvgIpc) is 2.14. The molecule has 16 heavy (non-hydrogen) atoms. The molecule has 0 aliphatic heterocycles. The quantitative estimate of drug-likeness (QED) is 0.793. The molecule has 90 valence electrons. The van der Waals surface area contributed by atoms with E-state index in [-0.39, 0.29) is 0 Å². The minimum absolute atomic E-state index is 0.525. The monoisotopic (exact) mass is 244 g/mol. The van der Waals surface area contributed by atoms with Gasteiger partial charge in [-0.3, -0.25) is 0 Å². The lowest BCUT2D eigenvalue weighted by atomic mass is 9.94. The predicted octanol–water partition coefficient (Wildman–Crippen LogP) is 3.00. The molecular weight excluding hydrogens is 238 g/mol. The van der Waals surface area contributed by atoms with Gasteiger partial charge in [-0.05, 0) is 0 Å². The van der Waals surface area contributed by atoms with Gasteiger partial charge in [-0.1, -0.05) is 30.3 Å². The standard InChI is InChI=1S/C9H6F6O/c10-7(8(11,12)13,9(14,15)16)6-4-2-1-3-5-6/h1-5,16H. The lowest BCUT2D eigenvalue weighted by Crippen LogP contribution is -2.52. The Kier molecular flexibility index (Phi) is 2.93. The van der Waals surface area contributed by atoms with E-state index in [1.165, 1.54) is 6.07 Å². The first-order valence-corrected chi connectivity index (χ1v) is 4.02. The zero-order chi connectivity index (χ0) is 12.6. The second-order valence-electron chi connectivity index (χ2n) is 3.06. The largest absolute Gasteiger partial charge is 0.435 e. The summed E-state index contributed by atoms with van der Waals surface area (Å²) >= 11 is 0. The molecule has 7 heteroatoms. The molecule has 1 unspecified atom stereocenters. The lowest BCUT2D eigenvalue weighted by molar-refractivity contribution is -0.375. The van der Waals surface area contributed by atoms with Crippen molar-refractivity contribution < 1.29 is 31.4 Å². The molecule has 1 aromatic rings. The van der Waals surface area contributed by atoms with Gasteiger partial charge in [-0.25, -0.2) is 4.39 Å². The van der Waals surface area contributed by atoms with Gasteiger partial charge in [0.25, 0.3) is 0 Å². The second kappa shape index (κ2) is 3.65. The van der Waals surface area contributed by atoms with Gasteiger partial charge in [-0.2, -0.15) is 22.0 Å².